The summed E-state index contributed by atoms with van der Waals surface area (Å²) in [6.07, 6.45) is 4.24. The number of rotatable bonds is 10. The molecule has 10 nitrogen and oxygen atoms in total. The Morgan fingerprint density at radius 1 is 1.07 bits per heavy atom. The zero-order chi connectivity index (χ0) is 31.1. The number of pyridine rings is 2. The number of benzene rings is 1. The number of amides is 3. The Morgan fingerprint density at radius 3 is 2.51 bits per heavy atom. The average Bonchev–Trinajstić information content (AvgIpc) is 2.98. The topological polar surface area (TPSA) is 117 Å². The highest BCUT2D eigenvalue weighted by molar-refractivity contribution is 6.07. The number of aromatic nitrogens is 2. The molecule has 43 heavy (non-hydrogen) atoms. The van der Waals surface area contributed by atoms with Crippen molar-refractivity contribution in [1.29, 1.82) is 0 Å². The van der Waals surface area contributed by atoms with Gasteiger partial charge in [-0.05, 0) is 81.7 Å². The van der Waals surface area contributed by atoms with Gasteiger partial charge in [0.2, 0.25) is 5.91 Å². The summed E-state index contributed by atoms with van der Waals surface area (Å²) in [5.41, 5.74) is 3.81. The molecular formula is C33H40N6O4. The second kappa shape index (κ2) is 14.1. The van der Waals surface area contributed by atoms with E-state index >= 15 is 0 Å². The molecule has 1 aliphatic heterocycles. The summed E-state index contributed by atoms with van der Waals surface area (Å²) in [5.74, 6) is 0.0243. The number of carbonyl (C=O) groups excluding carboxylic acids is 3. The van der Waals surface area contributed by atoms with Crippen molar-refractivity contribution in [3.63, 3.8) is 0 Å². The highest BCUT2D eigenvalue weighted by atomic mass is 16.5. The molecule has 0 radical (unpaired) electrons. The Morgan fingerprint density at radius 2 is 1.86 bits per heavy atom. The number of hydrogen-bond acceptors (Lipinski definition) is 7. The summed E-state index contributed by atoms with van der Waals surface area (Å²) in [7, 11) is 0. The third-order valence-electron chi connectivity index (χ3n) is 7.52. The zero-order valence-corrected chi connectivity index (χ0v) is 25.5. The second-order valence-corrected chi connectivity index (χ2v) is 10.9. The van der Waals surface area contributed by atoms with Crippen LogP contribution in [-0.2, 0) is 4.79 Å². The fraction of sp³-hybridized carbons (Fsp3) is 0.364. The molecule has 0 spiro atoms. The van der Waals surface area contributed by atoms with E-state index in [9.17, 15) is 14.4 Å². The van der Waals surface area contributed by atoms with Crippen LogP contribution in [0.5, 0.6) is 5.75 Å². The number of nitrogens with zero attached hydrogens (tertiary/aromatic N) is 4. The molecule has 0 saturated carbocycles. The Kier molecular flexibility index (Phi) is 10.3. The monoisotopic (exact) mass is 584 g/mol. The Labute approximate surface area is 253 Å². The second-order valence-electron chi connectivity index (χ2n) is 10.9. The lowest BCUT2D eigenvalue weighted by Crippen LogP contribution is -2.54. The minimum atomic E-state index is -0.516. The lowest BCUT2D eigenvalue weighted by molar-refractivity contribution is -0.130. The number of nitrogens with one attached hydrogen (secondary N) is 2. The number of hydrogen-bond donors (Lipinski definition) is 2. The van der Waals surface area contributed by atoms with Crippen LogP contribution in [0.25, 0.3) is 0 Å². The predicted molar refractivity (Wildman–Crippen MR) is 166 cm³/mol. The van der Waals surface area contributed by atoms with Gasteiger partial charge in [-0.1, -0.05) is 18.7 Å². The summed E-state index contributed by atoms with van der Waals surface area (Å²) >= 11 is 0. The summed E-state index contributed by atoms with van der Waals surface area (Å²) in [5, 5.41) is 5.70. The van der Waals surface area contributed by atoms with Crippen LogP contribution in [0, 0.1) is 20.8 Å². The molecule has 1 fully saturated rings. The number of ether oxygens (including phenoxy) is 1. The van der Waals surface area contributed by atoms with Crippen LogP contribution in [0.15, 0.2) is 61.4 Å². The normalized spacial score (nSPS) is 15.8. The van der Waals surface area contributed by atoms with Gasteiger partial charge in [0, 0.05) is 56.7 Å². The van der Waals surface area contributed by atoms with Crippen LogP contribution in [0.1, 0.15) is 63.1 Å². The van der Waals surface area contributed by atoms with Crippen LogP contribution in [-0.4, -0.2) is 76.3 Å². The van der Waals surface area contributed by atoms with E-state index in [4.69, 9.17) is 4.74 Å². The first-order valence-corrected chi connectivity index (χ1v) is 14.5. The average molecular weight is 585 g/mol. The number of anilines is 1. The Bertz CT molecular complexity index is 1490. The Balaban J connectivity index is 1.66. The molecule has 1 saturated heterocycles. The fourth-order valence-corrected chi connectivity index (χ4v) is 5.14. The maximum atomic E-state index is 13.3. The first kappa shape index (κ1) is 31.4. The minimum absolute atomic E-state index is 0.000415. The van der Waals surface area contributed by atoms with Gasteiger partial charge in [-0.15, -0.1) is 0 Å². The first-order chi connectivity index (χ1) is 20.6. The predicted octanol–water partition coefficient (Wildman–Crippen LogP) is 4.24. The molecule has 3 aromatic rings. The van der Waals surface area contributed by atoms with Gasteiger partial charge < -0.3 is 20.3 Å². The van der Waals surface area contributed by atoms with Crippen molar-refractivity contribution in [3.05, 3.63) is 95.0 Å². The molecule has 2 N–H and O–H groups in total. The van der Waals surface area contributed by atoms with Crippen molar-refractivity contribution in [2.24, 2.45) is 0 Å². The van der Waals surface area contributed by atoms with Gasteiger partial charge >= 0.3 is 0 Å². The van der Waals surface area contributed by atoms with Crippen LogP contribution >= 0.6 is 0 Å². The maximum absolute atomic E-state index is 13.3. The Hall–Kier alpha value is -4.57. The quantitative estimate of drug-likeness (QED) is 0.343. The molecule has 226 valence electrons. The SMILES string of the molecule is C=CC(=O)N1CCN(C[C@@H](Oc2cc(C)c(C(=O)Nc3ncccc3C)cc2C(=O)NCC)c2ccc(C)cn2)C[C@H]1C. The third kappa shape index (κ3) is 7.64. The van der Waals surface area contributed by atoms with Gasteiger partial charge in [0.25, 0.3) is 11.8 Å². The number of piperazine rings is 1. The molecule has 1 aliphatic rings. The van der Waals surface area contributed by atoms with Gasteiger partial charge in [0.1, 0.15) is 11.6 Å². The summed E-state index contributed by atoms with van der Waals surface area (Å²) in [6.45, 7) is 15.9. The van der Waals surface area contributed by atoms with Gasteiger partial charge in [0.15, 0.2) is 6.10 Å². The van der Waals surface area contributed by atoms with E-state index in [1.54, 1.807) is 30.6 Å². The molecular weight excluding hydrogens is 544 g/mol. The van der Waals surface area contributed by atoms with Crippen molar-refractivity contribution in [1.82, 2.24) is 25.1 Å². The molecule has 3 amide bonds. The third-order valence-corrected chi connectivity index (χ3v) is 7.52. The van der Waals surface area contributed by atoms with E-state index in [1.807, 2.05) is 57.7 Å². The van der Waals surface area contributed by atoms with Crippen molar-refractivity contribution in [3.8, 4) is 5.75 Å². The smallest absolute Gasteiger partial charge is 0.257 e. The van der Waals surface area contributed by atoms with Crippen LogP contribution in [0.2, 0.25) is 0 Å². The molecule has 1 aromatic carbocycles. The van der Waals surface area contributed by atoms with E-state index < -0.39 is 6.10 Å². The van der Waals surface area contributed by atoms with E-state index in [-0.39, 0.29) is 29.3 Å². The lowest BCUT2D eigenvalue weighted by atomic mass is 10.0. The zero-order valence-electron chi connectivity index (χ0n) is 25.5. The van der Waals surface area contributed by atoms with E-state index in [1.165, 1.54) is 6.08 Å². The fourth-order valence-electron chi connectivity index (χ4n) is 5.14. The number of carbonyl (C=O) groups is 3. The van der Waals surface area contributed by atoms with E-state index in [0.29, 0.717) is 55.4 Å². The van der Waals surface area contributed by atoms with Crippen LogP contribution in [0.4, 0.5) is 5.82 Å². The number of aryl methyl sites for hydroxylation is 3. The maximum Gasteiger partial charge on any atom is 0.257 e. The van der Waals surface area contributed by atoms with E-state index in [0.717, 1.165) is 16.8 Å². The first-order valence-electron chi connectivity index (χ1n) is 14.5. The minimum Gasteiger partial charge on any atom is -0.482 e. The van der Waals surface area contributed by atoms with Crippen molar-refractivity contribution in [2.45, 2.75) is 46.8 Å². The standard InChI is InChI=1S/C33H40N6O4/c1-7-30(40)39-15-14-38(19-24(39)6)20-29(27-12-11-21(3)18-36-27)43-28-16-23(5)25(17-26(28)32(41)34-8-2)33(42)37-31-22(4)10-9-13-35-31/h7,9-13,16-18,24,29H,1,8,14-15,19-20H2,2-6H3,(H,34,41)(H,35,37,42)/t24-,29-/m1/s1. The summed E-state index contributed by atoms with van der Waals surface area (Å²) < 4.78 is 6.62. The molecule has 10 heteroatoms. The van der Waals surface area contributed by atoms with Gasteiger partial charge in [-0.3, -0.25) is 24.3 Å². The summed E-state index contributed by atoms with van der Waals surface area (Å²) in [4.78, 5) is 51.8. The molecule has 3 heterocycles. The van der Waals surface area contributed by atoms with Crippen LogP contribution in [0.3, 0.4) is 0 Å². The van der Waals surface area contributed by atoms with Crippen molar-refractivity contribution in [2.75, 3.05) is 38.0 Å². The molecule has 4 rings (SSSR count). The molecule has 2 aromatic heterocycles. The highest BCUT2D eigenvalue weighted by Crippen LogP contribution is 2.30. The molecule has 0 aliphatic carbocycles. The lowest BCUT2D eigenvalue weighted by Gasteiger charge is -2.40. The van der Waals surface area contributed by atoms with Crippen molar-refractivity contribution < 1.29 is 19.1 Å². The van der Waals surface area contributed by atoms with Gasteiger partial charge in [0.05, 0.1) is 11.3 Å². The molecule has 0 bridgehead atoms. The largest absolute Gasteiger partial charge is 0.482 e. The van der Waals surface area contributed by atoms with E-state index in [2.05, 4.69) is 32.1 Å². The molecule has 2 atom stereocenters. The van der Waals surface area contributed by atoms with Crippen molar-refractivity contribution >= 4 is 23.5 Å². The van der Waals surface area contributed by atoms with Crippen LogP contribution < -0.4 is 15.4 Å². The molecule has 0 unspecified atom stereocenters. The van der Waals surface area contributed by atoms with Gasteiger partial charge in [-0.25, -0.2) is 4.98 Å². The summed E-state index contributed by atoms with van der Waals surface area (Å²) in [6, 6.07) is 10.9. The highest BCUT2D eigenvalue weighted by Gasteiger charge is 2.30. The van der Waals surface area contributed by atoms with Gasteiger partial charge in [-0.2, -0.15) is 0 Å².